The van der Waals surface area contributed by atoms with E-state index in [1.165, 1.54) is 6.20 Å². The highest BCUT2D eigenvalue weighted by Gasteiger charge is 2.29. The second-order valence-electron chi connectivity index (χ2n) is 6.25. The third kappa shape index (κ3) is 3.09. The Morgan fingerprint density at radius 2 is 2.12 bits per heavy atom. The van der Waals surface area contributed by atoms with Gasteiger partial charge in [0.05, 0.1) is 5.56 Å². The van der Waals surface area contributed by atoms with Gasteiger partial charge in [0, 0.05) is 30.9 Å². The van der Waals surface area contributed by atoms with Gasteiger partial charge >= 0.3 is 5.69 Å². The Morgan fingerprint density at radius 3 is 3.00 bits per heavy atom. The number of benzene rings is 1. The molecule has 0 spiro atoms. The van der Waals surface area contributed by atoms with Crippen LogP contribution in [0.1, 0.15) is 34.8 Å². The van der Waals surface area contributed by atoms with Crippen LogP contribution in [0, 0.1) is 0 Å². The molecule has 2 aliphatic heterocycles. The van der Waals surface area contributed by atoms with E-state index in [2.05, 4.69) is 9.97 Å². The molecule has 1 atom stereocenters. The molecule has 1 unspecified atom stereocenters. The maximum Gasteiger partial charge on any atom is 0.345 e. The van der Waals surface area contributed by atoms with Crippen LogP contribution in [0.2, 0.25) is 0 Å². The molecule has 2 aromatic rings. The number of amides is 1. The van der Waals surface area contributed by atoms with Gasteiger partial charge in [0.1, 0.15) is 13.2 Å². The fourth-order valence-corrected chi connectivity index (χ4v) is 3.45. The summed E-state index contributed by atoms with van der Waals surface area (Å²) in [5, 5.41) is 0. The second-order valence-corrected chi connectivity index (χ2v) is 6.25. The minimum atomic E-state index is -0.358. The highest BCUT2D eigenvalue weighted by Crippen LogP contribution is 2.35. The number of nitrogens with zero attached hydrogens (tertiary/aromatic N) is 2. The SMILES string of the molecule is O=C(c1cccc2c1OCCO2)N1CCCC(c2ccnc(=O)[nH]2)C1. The van der Waals surface area contributed by atoms with E-state index in [9.17, 15) is 9.59 Å². The van der Waals surface area contributed by atoms with Gasteiger partial charge in [-0.1, -0.05) is 6.07 Å². The van der Waals surface area contributed by atoms with Gasteiger partial charge < -0.3 is 19.4 Å². The zero-order chi connectivity index (χ0) is 17.2. The molecule has 25 heavy (non-hydrogen) atoms. The van der Waals surface area contributed by atoms with Crippen LogP contribution in [0.3, 0.4) is 0 Å². The third-order valence-corrected chi connectivity index (χ3v) is 4.64. The van der Waals surface area contributed by atoms with Crippen LogP contribution in [-0.4, -0.2) is 47.1 Å². The van der Waals surface area contributed by atoms with E-state index in [0.29, 0.717) is 43.4 Å². The number of fused-ring (bicyclic) bond motifs is 1. The molecule has 4 rings (SSSR count). The summed E-state index contributed by atoms with van der Waals surface area (Å²) in [6, 6.07) is 7.20. The summed E-state index contributed by atoms with van der Waals surface area (Å²) in [6.07, 6.45) is 3.32. The number of para-hydroxylation sites is 1. The number of likely N-dealkylation sites (tertiary alicyclic amines) is 1. The topological polar surface area (TPSA) is 84.5 Å². The molecule has 130 valence electrons. The molecule has 0 radical (unpaired) electrons. The van der Waals surface area contributed by atoms with Crippen molar-refractivity contribution >= 4 is 5.91 Å². The first-order valence-electron chi connectivity index (χ1n) is 8.45. The van der Waals surface area contributed by atoms with Gasteiger partial charge in [0.2, 0.25) is 0 Å². The van der Waals surface area contributed by atoms with Crippen LogP contribution in [0.5, 0.6) is 11.5 Å². The van der Waals surface area contributed by atoms with E-state index in [0.717, 1.165) is 18.5 Å². The Bertz CT molecular complexity index is 848. The van der Waals surface area contributed by atoms with Gasteiger partial charge in [-0.05, 0) is 31.0 Å². The Labute approximate surface area is 144 Å². The second kappa shape index (κ2) is 6.58. The molecule has 7 nitrogen and oxygen atoms in total. The molecule has 0 saturated carbocycles. The van der Waals surface area contributed by atoms with E-state index in [4.69, 9.17) is 9.47 Å². The Hall–Kier alpha value is -2.83. The van der Waals surface area contributed by atoms with E-state index >= 15 is 0 Å². The number of rotatable bonds is 2. The van der Waals surface area contributed by atoms with Crippen molar-refractivity contribution < 1.29 is 14.3 Å². The standard InChI is InChI=1S/C18H19N3O4/c22-17(13-4-1-5-15-16(13)25-10-9-24-15)21-8-2-3-12(11-21)14-6-7-19-18(23)20-14/h1,4-7,12H,2-3,8-11H2,(H,19,20,23). The van der Waals surface area contributed by atoms with Gasteiger partial charge in [-0.2, -0.15) is 0 Å². The van der Waals surface area contributed by atoms with E-state index in [1.807, 2.05) is 17.0 Å². The fourth-order valence-electron chi connectivity index (χ4n) is 3.45. The lowest BCUT2D eigenvalue weighted by molar-refractivity contribution is 0.0695. The summed E-state index contributed by atoms with van der Waals surface area (Å²) in [4.78, 5) is 32.7. The van der Waals surface area contributed by atoms with Crippen molar-refractivity contribution in [1.29, 1.82) is 0 Å². The number of carbonyl (C=O) groups is 1. The molecule has 7 heteroatoms. The van der Waals surface area contributed by atoms with Gasteiger partial charge in [-0.3, -0.25) is 4.79 Å². The Balaban J connectivity index is 1.57. The predicted octanol–water partition coefficient (Wildman–Crippen LogP) is 1.56. The average molecular weight is 341 g/mol. The molecule has 1 aromatic heterocycles. The molecule has 1 aromatic carbocycles. The molecule has 1 fully saturated rings. The predicted molar refractivity (Wildman–Crippen MR) is 90.2 cm³/mol. The number of hydrogen-bond donors (Lipinski definition) is 1. The van der Waals surface area contributed by atoms with Gasteiger partial charge in [-0.25, -0.2) is 9.78 Å². The molecule has 1 saturated heterocycles. The van der Waals surface area contributed by atoms with E-state index < -0.39 is 0 Å². The van der Waals surface area contributed by atoms with Crippen molar-refractivity contribution in [2.75, 3.05) is 26.3 Å². The minimum Gasteiger partial charge on any atom is -0.486 e. The Morgan fingerprint density at radius 1 is 1.24 bits per heavy atom. The summed E-state index contributed by atoms with van der Waals surface area (Å²) < 4.78 is 11.2. The number of piperidine rings is 1. The van der Waals surface area contributed by atoms with Crippen LogP contribution in [0.25, 0.3) is 0 Å². The van der Waals surface area contributed by atoms with Crippen LogP contribution < -0.4 is 15.2 Å². The van der Waals surface area contributed by atoms with Gasteiger partial charge in [-0.15, -0.1) is 0 Å². The molecule has 0 bridgehead atoms. The first-order valence-corrected chi connectivity index (χ1v) is 8.45. The van der Waals surface area contributed by atoms with E-state index in [-0.39, 0.29) is 17.5 Å². The Kier molecular flexibility index (Phi) is 4.13. The minimum absolute atomic E-state index is 0.0662. The fraction of sp³-hybridized carbons (Fsp3) is 0.389. The highest BCUT2D eigenvalue weighted by atomic mass is 16.6. The lowest BCUT2D eigenvalue weighted by Crippen LogP contribution is -2.40. The first kappa shape index (κ1) is 15.7. The summed E-state index contributed by atoms with van der Waals surface area (Å²) in [5.74, 6) is 1.18. The average Bonchev–Trinajstić information content (AvgIpc) is 2.67. The number of nitrogens with one attached hydrogen (secondary N) is 1. The molecule has 1 N–H and O–H groups in total. The quantitative estimate of drug-likeness (QED) is 0.896. The van der Waals surface area contributed by atoms with Crippen molar-refractivity contribution in [3.63, 3.8) is 0 Å². The smallest absolute Gasteiger partial charge is 0.345 e. The summed E-state index contributed by atoms with van der Waals surface area (Å²) in [6.45, 7) is 2.18. The monoisotopic (exact) mass is 341 g/mol. The lowest BCUT2D eigenvalue weighted by atomic mass is 9.94. The largest absolute Gasteiger partial charge is 0.486 e. The number of hydrogen-bond acceptors (Lipinski definition) is 5. The zero-order valence-corrected chi connectivity index (χ0v) is 13.7. The molecule has 1 amide bonds. The summed E-state index contributed by atoms with van der Waals surface area (Å²) in [7, 11) is 0. The lowest BCUT2D eigenvalue weighted by Gasteiger charge is -2.33. The van der Waals surface area contributed by atoms with Crippen molar-refractivity contribution in [2.24, 2.45) is 0 Å². The summed E-state index contributed by atoms with van der Waals surface area (Å²) in [5.41, 5.74) is 0.997. The van der Waals surface area contributed by atoms with Crippen molar-refractivity contribution in [2.45, 2.75) is 18.8 Å². The number of aromatic amines is 1. The normalized spacial score (nSPS) is 19.5. The summed E-state index contributed by atoms with van der Waals surface area (Å²) >= 11 is 0. The van der Waals surface area contributed by atoms with Crippen LogP contribution in [0.15, 0.2) is 35.3 Å². The van der Waals surface area contributed by atoms with Crippen molar-refractivity contribution in [3.8, 4) is 11.5 Å². The van der Waals surface area contributed by atoms with Crippen LogP contribution in [0.4, 0.5) is 0 Å². The van der Waals surface area contributed by atoms with Crippen molar-refractivity contribution in [1.82, 2.24) is 14.9 Å². The molecule has 2 aliphatic rings. The third-order valence-electron chi connectivity index (χ3n) is 4.64. The zero-order valence-electron chi connectivity index (χ0n) is 13.7. The number of carbonyl (C=O) groups excluding carboxylic acids is 1. The molecule has 0 aliphatic carbocycles. The maximum absolute atomic E-state index is 13.0. The van der Waals surface area contributed by atoms with Crippen LogP contribution >= 0.6 is 0 Å². The van der Waals surface area contributed by atoms with E-state index in [1.54, 1.807) is 12.1 Å². The number of ether oxygens (including phenoxy) is 2. The van der Waals surface area contributed by atoms with Gasteiger partial charge in [0.15, 0.2) is 11.5 Å². The van der Waals surface area contributed by atoms with Gasteiger partial charge in [0.25, 0.3) is 5.91 Å². The maximum atomic E-state index is 13.0. The van der Waals surface area contributed by atoms with Crippen molar-refractivity contribution in [3.05, 3.63) is 52.2 Å². The highest BCUT2D eigenvalue weighted by molar-refractivity contribution is 5.98. The first-order chi connectivity index (χ1) is 12.2. The molecular formula is C18H19N3O4. The van der Waals surface area contributed by atoms with Crippen LogP contribution in [-0.2, 0) is 0 Å². The molecular weight excluding hydrogens is 322 g/mol. The number of aromatic nitrogens is 2. The molecule has 3 heterocycles. The number of H-pyrrole nitrogens is 1.